The highest BCUT2D eigenvalue weighted by molar-refractivity contribution is 5.96. The van der Waals surface area contributed by atoms with Crippen molar-refractivity contribution in [2.75, 3.05) is 4.90 Å². The summed E-state index contributed by atoms with van der Waals surface area (Å²) in [6.07, 6.45) is 2.16. The second-order valence-corrected chi connectivity index (χ2v) is 13.9. The second-order valence-electron chi connectivity index (χ2n) is 13.9. The highest BCUT2D eigenvalue weighted by Crippen LogP contribution is 2.63. The molecule has 7 aromatic carbocycles. The summed E-state index contributed by atoms with van der Waals surface area (Å²) >= 11 is 0. The molecule has 0 bridgehead atoms. The average molecular weight is 676 g/mol. The lowest BCUT2D eigenvalue weighted by Crippen LogP contribution is -2.36. The molecule has 2 aromatic heterocycles. The number of pyridine rings is 1. The average Bonchev–Trinajstić information content (AvgIpc) is 3.76. The Balaban J connectivity index is 1.04. The van der Waals surface area contributed by atoms with Gasteiger partial charge in [0.05, 0.1) is 28.2 Å². The van der Waals surface area contributed by atoms with E-state index in [-0.39, 0.29) is 0 Å². The van der Waals surface area contributed by atoms with E-state index in [9.17, 15) is 0 Å². The molecule has 9 aromatic rings. The van der Waals surface area contributed by atoms with E-state index in [1.54, 1.807) is 0 Å². The first kappa shape index (κ1) is 29.7. The Morgan fingerprint density at radius 3 is 1.51 bits per heavy atom. The molecule has 0 saturated heterocycles. The van der Waals surface area contributed by atoms with Crippen molar-refractivity contribution in [2.45, 2.75) is 5.41 Å². The third-order valence-electron chi connectivity index (χ3n) is 11.2. The van der Waals surface area contributed by atoms with Gasteiger partial charge < -0.3 is 4.90 Å². The van der Waals surface area contributed by atoms with Crippen molar-refractivity contribution in [1.29, 1.82) is 0 Å². The van der Waals surface area contributed by atoms with Crippen LogP contribution in [0.1, 0.15) is 22.3 Å². The number of anilines is 3. The number of imidazole rings is 1. The maximum atomic E-state index is 5.21. The third kappa shape index (κ3) is 4.25. The molecule has 1 aliphatic carbocycles. The monoisotopic (exact) mass is 675 g/mol. The van der Waals surface area contributed by atoms with Crippen molar-refractivity contribution < 1.29 is 0 Å². The van der Waals surface area contributed by atoms with Gasteiger partial charge in [0.2, 0.25) is 0 Å². The predicted octanol–water partition coefficient (Wildman–Crippen LogP) is 12.5. The smallest absolute Gasteiger partial charge is 0.138 e. The number of benzene rings is 7. The van der Waals surface area contributed by atoms with Crippen molar-refractivity contribution >= 4 is 22.7 Å². The summed E-state index contributed by atoms with van der Waals surface area (Å²) in [6, 6.07) is 70.3. The molecule has 1 spiro atoms. The zero-order chi connectivity index (χ0) is 34.9. The van der Waals surface area contributed by atoms with Gasteiger partial charge in [0, 0.05) is 23.0 Å². The minimum atomic E-state index is -0.409. The van der Waals surface area contributed by atoms with Crippen molar-refractivity contribution in [3.63, 3.8) is 0 Å². The summed E-state index contributed by atoms with van der Waals surface area (Å²) in [7, 11) is 0. The molecular weight excluding hydrogens is 643 g/mol. The molecule has 0 atom stereocenters. The van der Waals surface area contributed by atoms with Gasteiger partial charge in [0.15, 0.2) is 0 Å². The molecule has 1 aliphatic heterocycles. The van der Waals surface area contributed by atoms with Gasteiger partial charge in [-0.15, -0.1) is 0 Å². The maximum Gasteiger partial charge on any atom is 0.138 e. The normalized spacial score (nSPS) is 13.4. The van der Waals surface area contributed by atoms with E-state index < -0.39 is 5.41 Å². The lowest BCUT2D eigenvalue weighted by atomic mass is 9.64. The Bertz CT molecular complexity index is 2740. The van der Waals surface area contributed by atoms with Crippen LogP contribution in [-0.4, -0.2) is 9.38 Å². The van der Waals surface area contributed by atoms with E-state index >= 15 is 0 Å². The lowest BCUT2D eigenvalue weighted by molar-refractivity contribution is 0.752. The molecule has 0 amide bonds. The van der Waals surface area contributed by atoms with Gasteiger partial charge in [0.1, 0.15) is 5.65 Å². The molecule has 3 nitrogen and oxygen atoms in total. The molecule has 0 unspecified atom stereocenters. The van der Waals surface area contributed by atoms with Crippen LogP contribution in [0.2, 0.25) is 0 Å². The SMILES string of the molecule is c1ccc(-c2nc3cc(-c4ccc(N5c6ccccc6C6(c7ccccc7-c7ccccc76)c6ccccc65)cc4)ccn3c2-c2ccccc2)cc1. The molecule has 0 radical (unpaired) electrons. The van der Waals surface area contributed by atoms with E-state index in [1.807, 2.05) is 0 Å². The summed E-state index contributed by atoms with van der Waals surface area (Å²) in [5.74, 6) is 0. The summed E-state index contributed by atoms with van der Waals surface area (Å²) < 4.78 is 2.21. The van der Waals surface area contributed by atoms with Gasteiger partial charge in [-0.05, 0) is 80.9 Å². The number of nitrogens with zero attached hydrogens (tertiary/aromatic N) is 3. The summed E-state index contributed by atoms with van der Waals surface area (Å²) in [5.41, 5.74) is 18.6. The van der Waals surface area contributed by atoms with Crippen molar-refractivity contribution in [2.24, 2.45) is 0 Å². The van der Waals surface area contributed by atoms with Crippen molar-refractivity contribution in [3.8, 4) is 44.8 Å². The Morgan fingerprint density at radius 2 is 0.906 bits per heavy atom. The van der Waals surface area contributed by atoms with Crippen LogP contribution in [0.3, 0.4) is 0 Å². The lowest BCUT2D eigenvalue weighted by Gasteiger charge is -2.45. The van der Waals surface area contributed by atoms with Gasteiger partial charge in [0.25, 0.3) is 0 Å². The van der Waals surface area contributed by atoms with Crippen LogP contribution in [0, 0.1) is 0 Å². The van der Waals surface area contributed by atoms with E-state index in [4.69, 9.17) is 4.98 Å². The maximum absolute atomic E-state index is 5.21. The molecule has 248 valence electrons. The van der Waals surface area contributed by atoms with E-state index in [0.717, 1.165) is 45.0 Å². The van der Waals surface area contributed by atoms with Crippen molar-refractivity contribution in [1.82, 2.24) is 9.38 Å². The minimum absolute atomic E-state index is 0.409. The molecule has 0 N–H and O–H groups in total. The zero-order valence-electron chi connectivity index (χ0n) is 28.9. The highest BCUT2D eigenvalue weighted by atomic mass is 15.2. The first-order chi connectivity index (χ1) is 26.3. The molecule has 11 rings (SSSR count). The van der Waals surface area contributed by atoms with Crippen LogP contribution in [0.4, 0.5) is 17.1 Å². The Kier molecular flexibility index (Phi) is 6.47. The molecule has 3 heterocycles. The molecule has 0 fully saturated rings. The summed E-state index contributed by atoms with van der Waals surface area (Å²) in [4.78, 5) is 7.65. The molecule has 53 heavy (non-hydrogen) atoms. The Morgan fingerprint density at radius 1 is 0.396 bits per heavy atom. The summed E-state index contributed by atoms with van der Waals surface area (Å²) in [5, 5.41) is 0. The van der Waals surface area contributed by atoms with Gasteiger partial charge >= 0.3 is 0 Å². The van der Waals surface area contributed by atoms with Crippen LogP contribution in [0.25, 0.3) is 50.4 Å². The van der Waals surface area contributed by atoms with Gasteiger partial charge in [-0.25, -0.2) is 4.98 Å². The molecular formula is C50H33N3. The number of hydrogen-bond donors (Lipinski definition) is 0. The molecule has 0 saturated carbocycles. The van der Waals surface area contributed by atoms with Crippen molar-refractivity contribution in [3.05, 3.63) is 223 Å². The molecule has 2 aliphatic rings. The standard InChI is InChI=1S/C50H33N3/c1-3-15-35(16-4-1)48-49(36-17-5-2-6-18-36)52-32-31-37(33-47(52)51-48)34-27-29-38(30-28-34)53-45-25-13-11-23-43(45)50(44-24-12-14-26-46(44)53)41-21-9-7-19-39(41)40-20-8-10-22-42(40)50/h1-33H. The van der Waals surface area contributed by atoms with Crippen LogP contribution in [0.5, 0.6) is 0 Å². The number of fused-ring (bicyclic) bond motifs is 10. The van der Waals surface area contributed by atoms with Crippen LogP contribution in [-0.2, 0) is 5.41 Å². The van der Waals surface area contributed by atoms with Crippen LogP contribution >= 0.6 is 0 Å². The Labute approximate surface area is 308 Å². The fourth-order valence-corrected chi connectivity index (χ4v) is 9.04. The van der Waals surface area contributed by atoms with Gasteiger partial charge in [-0.1, -0.05) is 158 Å². The fraction of sp³-hybridized carbons (Fsp3) is 0.0200. The Hall–Kier alpha value is -6.97. The largest absolute Gasteiger partial charge is 0.310 e. The van der Waals surface area contributed by atoms with Crippen LogP contribution < -0.4 is 4.90 Å². The molecule has 3 heteroatoms. The number of para-hydroxylation sites is 2. The van der Waals surface area contributed by atoms with E-state index in [0.29, 0.717) is 0 Å². The second kappa shape index (κ2) is 11.5. The fourth-order valence-electron chi connectivity index (χ4n) is 9.04. The highest BCUT2D eigenvalue weighted by Gasteiger charge is 2.51. The van der Waals surface area contributed by atoms with Gasteiger partial charge in [-0.3, -0.25) is 4.40 Å². The first-order valence-corrected chi connectivity index (χ1v) is 18.2. The zero-order valence-corrected chi connectivity index (χ0v) is 28.9. The number of hydrogen-bond acceptors (Lipinski definition) is 2. The van der Waals surface area contributed by atoms with E-state index in [1.165, 1.54) is 44.8 Å². The predicted molar refractivity (Wildman–Crippen MR) is 217 cm³/mol. The first-order valence-electron chi connectivity index (χ1n) is 18.2. The third-order valence-corrected chi connectivity index (χ3v) is 11.2. The van der Waals surface area contributed by atoms with Gasteiger partial charge in [-0.2, -0.15) is 0 Å². The number of rotatable bonds is 4. The van der Waals surface area contributed by atoms with E-state index in [2.05, 4.69) is 210 Å². The summed E-state index contributed by atoms with van der Waals surface area (Å²) in [6.45, 7) is 0. The quantitative estimate of drug-likeness (QED) is 0.185. The minimum Gasteiger partial charge on any atom is -0.310 e. The topological polar surface area (TPSA) is 20.5 Å². The number of aromatic nitrogens is 2. The van der Waals surface area contributed by atoms with Crippen LogP contribution in [0.15, 0.2) is 200 Å².